The van der Waals surface area contributed by atoms with E-state index >= 15 is 0 Å². The second kappa shape index (κ2) is 4.57. The van der Waals surface area contributed by atoms with Gasteiger partial charge in [0.1, 0.15) is 11.4 Å². The highest BCUT2D eigenvalue weighted by atomic mass is 32.1. The van der Waals surface area contributed by atoms with Crippen LogP contribution >= 0.6 is 12.2 Å². The lowest BCUT2D eigenvalue weighted by Crippen LogP contribution is -2.24. The number of ether oxygens (including phenoxy) is 1. The summed E-state index contributed by atoms with van der Waals surface area (Å²) in [5.41, 5.74) is 11.1. The van der Waals surface area contributed by atoms with Gasteiger partial charge in [0.05, 0.1) is 6.21 Å². The van der Waals surface area contributed by atoms with E-state index in [-0.39, 0.29) is 10.7 Å². The van der Waals surface area contributed by atoms with Crippen molar-refractivity contribution in [3.63, 3.8) is 0 Å². The maximum Gasteiger partial charge on any atom is 0.184 e. The molecule has 96 valence electrons. The number of thiocarbonyl (C=S) groups is 1. The summed E-state index contributed by atoms with van der Waals surface area (Å²) in [6.07, 6.45) is 2.62. The molecule has 0 saturated carbocycles. The van der Waals surface area contributed by atoms with E-state index < -0.39 is 0 Å². The van der Waals surface area contributed by atoms with Crippen molar-refractivity contribution in [1.29, 1.82) is 0 Å². The van der Waals surface area contributed by atoms with E-state index in [1.165, 1.54) is 5.56 Å². The van der Waals surface area contributed by atoms with Crippen molar-refractivity contribution < 1.29 is 4.74 Å². The highest BCUT2D eigenvalue weighted by Crippen LogP contribution is 2.37. The SMILES string of the molecule is Cc1cc(C=NNC(N)=S)cc2c1OC(C)(C)C2. The van der Waals surface area contributed by atoms with Crippen molar-refractivity contribution in [3.8, 4) is 5.75 Å². The van der Waals surface area contributed by atoms with E-state index in [0.29, 0.717) is 0 Å². The molecule has 0 aromatic heterocycles. The molecular weight excluding hydrogens is 246 g/mol. The van der Waals surface area contributed by atoms with E-state index in [4.69, 9.17) is 10.5 Å². The molecule has 4 nitrogen and oxygen atoms in total. The molecule has 0 fully saturated rings. The van der Waals surface area contributed by atoms with Gasteiger partial charge in [-0.2, -0.15) is 5.10 Å². The van der Waals surface area contributed by atoms with E-state index in [1.54, 1.807) is 6.21 Å². The Hall–Kier alpha value is -1.62. The molecule has 1 heterocycles. The van der Waals surface area contributed by atoms with Crippen molar-refractivity contribution in [3.05, 3.63) is 28.8 Å². The standard InChI is InChI=1S/C13H17N3OS/c1-8-4-9(7-15-16-12(14)18)5-10-6-13(2,3)17-11(8)10/h4-5,7H,6H2,1-3H3,(H3,14,16,18). The quantitative estimate of drug-likeness (QED) is 0.486. The zero-order valence-electron chi connectivity index (χ0n) is 10.8. The Morgan fingerprint density at radius 1 is 1.56 bits per heavy atom. The molecule has 5 heteroatoms. The lowest BCUT2D eigenvalue weighted by Gasteiger charge is -2.17. The summed E-state index contributed by atoms with van der Waals surface area (Å²) in [6.45, 7) is 6.22. The van der Waals surface area contributed by atoms with Gasteiger partial charge in [0.2, 0.25) is 0 Å². The van der Waals surface area contributed by atoms with Crippen LogP contribution in [0.25, 0.3) is 0 Å². The first kappa shape index (κ1) is 12.8. The van der Waals surface area contributed by atoms with E-state index in [9.17, 15) is 0 Å². The predicted octanol–water partition coefficient (Wildman–Crippen LogP) is 1.88. The zero-order valence-corrected chi connectivity index (χ0v) is 11.6. The number of fused-ring (bicyclic) bond motifs is 1. The number of aryl methyl sites for hydroxylation is 1. The van der Waals surface area contributed by atoms with Crippen LogP contribution in [0.1, 0.15) is 30.5 Å². The van der Waals surface area contributed by atoms with Crippen molar-refractivity contribution in [1.82, 2.24) is 5.43 Å². The van der Waals surface area contributed by atoms with Crippen LogP contribution in [-0.2, 0) is 6.42 Å². The van der Waals surface area contributed by atoms with Gasteiger partial charge < -0.3 is 10.5 Å². The Kier molecular flexibility index (Phi) is 3.26. The third-order valence-corrected chi connectivity index (χ3v) is 2.85. The van der Waals surface area contributed by atoms with E-state index in [2.05, 4.69) is 42.7 Å². The maximum absolute atomic E-state index is 5.92. The number of hydrogen-bond acceptors (Lipinski definition) is 3. The molecule has 0 amide bonds. The first-order valence-corrected chi connectivity index (χ1v) is 6.19. The van der Waals surface area contributed by atoms with Crippen molar-refractivity contribution in [2.75, 3.05) is 0 Å². The van der Waals surface area contributed by atoms with Crippen molar-refractivity contribution >= 4 is 23.5 Å². The van der Waals surface area contributed by atoms with Crippen LogP contribution in [0.4, 0.5) is 0 Å². The molecule has 1 aromatic rings. The van der Waals surface area contributed by atoms with Crippen LogP contribution in [0, 0.1) is 6.92 Å². The van der Waals surface area contributed by atoms with Gasteiger partial charge in [-0.25, -0.2) is 0 Å². The molecule has 0 bridgehead atoms. The van der Waals surface area contributed by atoms with Gasteiger partial charge in [0.25, 0.3) is 0 Å². The second-order valence-corrected chi connectivity index (χ2v) is 5.54. The number of rotatable bonds is 2. The summed E-state index contributed by atoms with van der Waals surface area (Å²) < 4.78 is 5.92. The zero-order chi connectivity index (χ0) is 13.3. The highest BCUT2D eigenvalue weighted by molar-refractivity contribution is 7.80. The first-order chi connectivity index (χ1) is 8.37. The van der Waals surface area contributed by atoms with Crippen LogP contribution in [0.15, 0.2) is 17.2 Å². The molecule has 1 aliphatic rings. The largest absolute Gasteiger partial charge is 0.487 e. The summed E-state index contributed by atoms with van der Waals surface area (Å²) in [5, 5.41) is 4.12. The lowest BCUT2D eigenvalue weighted by atomic mass is 9.99. The normalized spacial score (nSPS) is 16.4. The van der Waals surface area contributed by atoms with Gasteiger partial charge in [0, 0.05) is 6.42 Å². The first-order valence-electron chi connectivity index (χ1n) is 5.78. The maximum atomic E-state index is 5.92. The summed E-state index contributed by atoms with van der Waals surface area (Å²) >= 11 is 4.68. The van der Waals surface area contributed by atoms with Gasteiger partial charge >= 0.3 is 0 Å². The molecule has 0 saturated heterocycles. The lowest BCUT2D eigenvalue weighted by molar-refractivity contribution is 0.137. The molecule has 18 heavy (non-hydrogen) atoms. The third kappa shape index (κ3) is 2.79. The van der Waals surface area contributed by atoms with E-state index in [1.807, 2.05) is 13.0 Å². The van der Waals surface area contributed by atoms with Gasteiger partial charge in [-0.05, 0) is 61.8 Å². The van der Waals surface area contributed by atoms with Crippen LogP contribution in [0.2, 0.25) is 0 Å². The number of nitrogens with zero attached hydrogens (tertiary/aromatic N) is 1. The van der Waals surface area contributed by atoms with Gasteiger partial charge in [-0.1, -0.05) is 0 Å². The number of hydrazone groups is 1. The Labute approximate surface area is 112 Å². The number of nitrogens with one attached hydrogen (secondary N) is 1. The molecular formula is C13H17N3OS. The van der Waals surface area contributed by atoms with Gasteiger partial charge in [0.15, 0.2) is 5.11 Å². The number of benzene rings is 1. The molecule has 0 atom stereocenters. The minimum atomic E-state index is -0.125. The Balaban J connectivity index is 2.25. The molecule has 2 rings (SSSR count). The fraction of sp³-hybridized carbons (Fsp3) is 0.385. The Morgan fingerprint density at radius 3 is 2.94 bits per heavy atom. The monoisotopic (exact) mass is 263 g/mol. The highest BCUT2D eigenvalue weighted by Gasteiger charge is 2.31. The van der Waals surface area contributed by atoms with E-state index in [0.717, 1.165) is 23.3 Å². The third-order valence-electron chi connectivity index (χ3n) is 2.76. The minimum Gasteiger partial charge on any atom is -0.487 e. The van der Waals surface area contributed by atoms with Crippen LogP contribution in [0.5, 0.6) is 5.75 Å². The van der Waals surface area contributed by atoms with Crippen molar-refractivity contribution in [2.45, 2.75) is 32.8 Å². The van der Waals surface area contributed by atoms with Crippen LogP contribution < -0.4 is 15.9 Å². The second-order valence-electron chi connectivity index (χ2n) is 5.10. The molecule has 1 aromatic carbocycles. The molecule has 1 aliphatic heterocycles. The summed E-state index contributed by atoms with van der Waals surface area (Å²) in [7, 11) is 0. The molecule has 0 aliphatic carbocycles. The Bertz CT molecular complexity index is 523. The van der Waals surface area contributed by atoms with Gasteiger partial charge in [-0.3, -0.25) is 5.43 Å². The predicted molar refractivity (Wildman–Crippen MR) is 77.1 cm³/mol. The molecule has 0 unspecified atom stereocenters. The summed E-state index contributed by atoms with van der Waals surface area (Å²) in [5.74, 6) is 0.999. The fourth-order valence-corrected chi connectivity index (χ4v) is 2.22. The fourth-order valence-electron chi connectivity index (χ4n) is 2.17. The number of nitrogens with two attached hydrogens (primary N) is 1. The molecule has 3 N–H and O–H groups in total. The Morgan fingerprint density at radius 2 is 2.28 bits per heavy atom. The van der Waals surface area contributed by atoms with Gasteiger partial charge in [-0.15, -0.1) is 0 Å². The minimum absolute atomic E-state index is 0.125. The van der Waals surface area contributed by atoms with Crippen LogP contribution in [-0.4, -0.2) is 16.9 Å². The summed E-state index contributed by atoms with van der Waals surface area (Å²) in [4.78, 5) is 0. The molecule has 0 spiro atoms. The smallest absolute Gasteiger partial charge is 0.184 e. The van der Waals surface area contributed by atoms with Crippen LogP contribution in [0.3, 0.4) is 0 Å². The number of hydrogen-bond donors (Lipinski definition) is 2. The topological polar surface area (TPSA) is 59.6 Å². The average Bonchev–Trinajstić information content (AvgIpc) is 2.52. The average molecular weight is 263 g/mol. The van der Waals surface area contributed by atoms with Crippen molar-refractivity contribution in [2.24, 2.45) is 10.8 Å². The molecule has 0 radical (unpaired) electrons. The summed E-state index contributed by atoms with van der Waals surface area (Å²) in [6, 6.07) is 4.12.